The van der Waals surface area contributed by atoms with Crippen molar-refractivity contribution in [1.82, 2.24) is 0 Å². The molecule has 1 aliphatic heterocycles. The number of fused-ring (bicyclic) bond motifs is 1. The fourth-order valence-electron chi connectivity index (χ4n) is 1.73. The van der Waals surface area contributed by atoms with Crippen molar-refractivity contribution in [3.8, 4) is 0 Å². The largest absolute Gasteiger partial charge is 0.229 e. The summed E-state index contributed by atoms with van der Waals surface area (Å²) in [4.78, 5) is 0. The average Bonchev–Trinajstić information content (AvgIpc) is 2.24. The molecule has 2 nitrogen and oxygen atoms in total. The van der Waals surface area contributed by atoms with Gasteiger partial charge in [0, 0.05) is 0 Å². The fourth-order valence-corrected chi connectivity index (χ4v) is 3.84. The Morgan fingerprint density at radius 2 is 2.00 bits per heavy atom. The molecule has 1 heterocycles. The van der Waals surface area contributed by atoms with E-state index in [4.69, 9.17) is 11.6 Å². The van der Waals surface area contributed by atoms with Gasteiger partial charge in [-0.05, 0) is 17.5 Å². The van der Waals surface area contributed by atoms with E-state index in [-0.39, 0.29) is 11.5 Å². The third kappa shape index (κ3) is 1.93. The molecule has 0 unspecified atom stereocenters. The zero-order valence-corrected chi connectivity index (χ0v) is 9.18. The van der Waals surface area contributed by atoms with Crippen LogP contribution in [0.15, 0.2) is 24.3 Å². The number of hydrogen-bond acceptors (Lipinski definition) is 2. The Morgan fingerprint density at radius 3 is 2.79 bits per heavy atom. The van der Waals surface area contributed by atoms with Gasteiger partial charge in [0.25, 0.3) is 0 Å². The lowest BCUT2D eigenvalue weighted by atomic mass is 10.0. The van der Waals surface area contributed by atoms with E-state index in [2.05, 4.69) is 0 Å². The number of rotatable bonds is 0. The zero-order valence-electron chi connectivity index (χ0n) is 7.61. The van der Waals surface area contributed by atoms with Crippen molar-refractivity contribution < 1.29 is 8.42 Å². The number of benzene rings is 1. The predicted octanol–water partition coefficient (Wildman–Crippen LogP) is 1.94. The number of aryl methyl sites for hydroxylation is 1. The lowest BCUT2D eigenvalue weighted by Gasteiger charge is -2.08. The van der Waals surface area contributed by atoms with Gasteiger partial charge in [0.05, 0.1) is 16.9 Å². The van der Waals surface area contributed by atoms with Crippen LogP contribution in [0.25, 0.3) is 0 Å². The Morgan fingerprint density at radius 1 is 1.29 bits per heavy atom. The van der Waals surface area contributed by atoms with Gasteiger partial charge < -0.3 is 0 Å². The van der Waals surface area contributed by atoms with Gasteiger partial charge in [-0.15, -0.1) is 11.6 Å². The summed E-state index contributed by atoms with van der Waals surface area (Å²) in [6, 6.07) is 7.67. The van der Waals surface area contributed by atoms with Crippen LogP contribution in [0.2, 0.25) is 0 Å². The molecule has 0 fully saturated rings. The molecule has 1 aromatic rings. The quantitative estimate of drug-likeness (QED) is 0.639. The molecule has 0 aromatic heterocycles. The highest BCUT2D eigenvalue weighted by Gasteiger charge is 2.24. The van der Waals surface area contributed by atoms with E-state index in [0.717, 1.165) is 11.1 Å². The van der Waals surface area contributed by atoms with Crippen LogP contribution in [0.3, 0.4) is 0 Å². The molecule has 76 valence electrons. The molecule has 1 aliphatic rings. The molecule has 0 amide bonds. The van der Waals surface area contributed by atoms with E-state index >= 15 is 0 Å². The highest BCUT2D eigenvalue weighted by Crippen LogP contribution is 2.29. The summed E-state index contributed by atoms with van der Waals surface area (Å²) in [5, 5.41) is -0.390. The summed E-state index contributed by atoms with van der Waals surface area (Å²) in [6.45, 7) is 0. The van der Waals surface area contributed by atoms with Crippen molar-refractivity contribution in [3.05, 3.63) is 35.4 Å². The van der Waals surface area contributed by atoms with Crippen LogP contribution < -0.4 is 0 Å². The van der Waals surface area contributed by atoms with Gasteiger partial charge in [-0.25, -0.2) is 8.42 Å². The van der Waals surface area contributed by atoms with Crippen LogP contribution in [-0.2, 0) is 16.3 Å². The first-order chi connectivity index (χ1) is 6.58. The van der Waals surface area contributed by atoms with Gasteiger partial charge in [0.2, 0.25) is 0 Å². The van der Waals surface area contributed by atoms with Crippen molar-refractivity contribution >= 4 is 21.4 Å². The summed E-state index contributed by atoms with van der Waals surface area (Å²) >= 11 is 6.06. The van der Waals surface area contributed by atoms with E-state index in [1.165, 1.54) is 0 Å². The summed E-state index contributed by atoms with van der Waals surface area (Å²) < 4.78 is 22.9. The maximum Gasteiger partial charge on any atom is 0.152 e. The van der Waals surface area contributed by atoms with Crippen LogP contribution in [0.4, 0.5) is 0 Å². The van der Waals surface area contributed by atoms with Gasteiger partial charge in [-0.3, -0.25) is 0 Å². The molecule has 1 aromatic carbocycles. The predicted molar refractivity (Wildman–Crippen MR) is 57.4 cm³/mol. The van der Waals surface area contributed by atoms with Gasteiger partial charge >= 0.3 is 0 Å². The topological polar surface area (TPSA) is 34.1 Å². The molecule has 14 heavy (non-hydrogen) atoms. The van der Waals surface area contributed by atoms with Crippen LogP contribution >= 0.6 is 11.6 Å². The first-order valence-electron chi connectivity index (χ1n) is 4.51. The second kappa shape index (κ2) is 3.55. The van der Waals surface area contributed by atoms with E-state index in [9.17, 15) is 8.42 Å². The average molecular weight is 231 g/mol. The molecular weight excluding hydrogens is 220 g/mol. The summed E-state index contributed by atoms with van der Waals surface area (Å²) in [5.74, 6) is 0.277. The minimum Gasteiger partial charge on any atom is -0.229 e. The van der Waals surface area contributed by atoms with Crippen LogP contribution in [0.1, 0.15) is 16.5 Å². The zero-order chi connectivity index (χ0) is 10.2. The molecule has 0 radical (unpaired) electrons. The number of halogens is 1. The smallest absolute Gasteiger partial charge is 0.152 e. The van der Waals surface area contributed by atoms with E-state index in [1.807, 2.05) is 24.3 Å². The Bertz CT molecular complexity index is 439. The number of sulfone groups is 1. The van der Waals surface area contributed by atoms with Gasteiger partial charge in [-0.1, -0.05) is 24.3 Å². The molecule has 4 heteroatoms. The van der Waals surface area contributed by atoms with Crippen molar-refractivity contribution in [3.63, 3.8) is 0 Å². The summed E-state index contributed by atoms with van der Waals surface area (Å²) in [6.07, 6.45) is 0.585. The van der Waals surface area contributed by atoms with Crippen LogP contribution in [-0.4, -0.2) is 19.9 Å². The van der Waals surface area contributed by atoms with E-state index < -0.39 is 15.2 Å². The van der Waals surface area contributed by atoms with E-state index in [0.29, 0.717) is 6.42 Å². The molecule has 0 saturated carbocycles. The number of hydrogen-bond donors (Lipinski definition) is 0. The maximum absolute atomic E-state index is 11.5. The van der Waals surface area contributed by atoms with Gasteiger partial charge in [0.15, 0.2) is 9.84 Å². The third-order valence-electron chi connectivity index (χ3n) is 2.48. The molecule has 0 saturated heterocycles. The van der Waals surface area contributed by atoms with Crippen LogP contribution in [0, 0.1) is 0 Å². The normalized spacial score (nSPS) is 25.1. The van der Waals surface area contributed by atoms with Crippen molar-refractivity contribution in [1.29, 1.82) is 0 Å². The van der Waals surface area contributed by atoms with Crippen molar-refractivity contribution in [2.24, 2.45) is 0 Å². The molecule has 0 spiro atoms. The molecule has 1 atom stereocenters. The maximum atomic E-state index is 11.5. The minimum absolute atomic E-state index is 0.0611. The van der Waals surface area contributed by atoms with Crippen molar-refractivity contribution in [2.75, 3.05) is 11.5 Å². The Kier molecular flexibility index (Phi) is 2.54. The van der Waals surface area contributed by atoms with E-state index in [1.54, 1.807) is 0 Å². The lowest BCUT2D eigenvalue weighted by Crippen LogP contribution is -2.12. The van der Waals surface area contributed by atoms with Crippen molar-refractivity contribution in [2.45, 2.75) is 11.8 Å². The fraction of sp³-hybridized carbons (Fsp3) is 0.400. The first-order valence-corrected chi connectivity index (χ1v) is 6.76. The molecule has 2 rings (SSSR count). The second-order valence-corrected chi connectivity index (χ2v) is 6.29. The SMILES string of the molecule is O=S1(=O)CCc2ccccc2[C@@H](Cl)C1. The summed E-state index contributed by atoms with van der Waals surface area (Å²) in [7, 11) is -2.97. The molecule has 0 bridgehead atoms. The van der Waals surface area contributed by atoms with Gasteiger partial charge in [-0.2, -0.15) is 0 Å². The van der Waals surface area contributed by atoms with Crippen LogP contribution in [0.5, 0.6) is 0 Å². The highest BCUT2D eigenvalue weighted by molar-refractivity contribution is 7.91. The lowest BCUT2D eigenvalue weighted by molar-refractivity contribution is 0.595. The standard InChI is InChI=1S/C10H11ClO2S/c11-10-7-14(12,13)6-5-8-3-1-2-4-9(8)10/h1-4,10H,5-7H2/t10-/m0/s1. The molecule has 0 aliphatic carbocycles. The van der Waals surface area contributed by atoms with Gasteiger partial charge in [0.1, 0.15) is 0 Å². The Labute approximate surface area is 88.8 Å². The Hall–Kier alpha value is -0.540. The summed E-state index contributed by atoms with van der Waals surface area (Å²) in [5.41, 5.74) is 2.03. The second-order valence-electron chi connectivity index (χ2n) is 3.53. The molecular formula is C10H11ClO2S. The first kappa shape index (κ1) is 9.99. The monoisotopic (exact) mass is 230 g/mol. The third-order valence-corrected chi connectivity index (χ3v) is 4.71. The number of alkyl halides is 1. The Balaban J connectivity index is 2.46. The molecule has 0 N–H and O–H groups in total. The minimum atomic E-state index is -2.97. The highest BCUT2D eigenvalue weighted by atomic mass is 35.5.